The lowest BCUT2D eigenvalue weighted by Gasteiger charge is -2.36. The topological polar surface area (TPSA) is 54.5 Å². The van der Waals surface area contributed by atoms with Gasteiger partial charge in [0.1, 0.15) is 0 Å². The van der Waals surface area contributed by atoms with Crippen molar-refractivity contribution in [3.05, 3.63) is 23.8 Å². The van der Waals surface area contributed by atoms with Crippen molar-refractivity contribution in [2.45, 2.75) is 25.2 Å². The number of fused-ring (bicyclic) bond motifs is 1. The van der Waals surface area contributed by atoms with Gasteiger partial charge >= 0.3 is 0 Å². The molecule has 1 aromatic rings. The van der Waals surface area contributed by atoms with Crippen LogP contribution in [0.25, 0.3) is 0 Å². The lowest BCUT2D eigenvalue weighted by Crippen LogP contribution is -2.44. The lowest BCUT2D eigenvalue weighted by atomic mass is 9.80. The molecule has 1 aliphatic heterocycles. The fourth-order valence-electron chi connectivity index (χ4n) is 2.30. The summed E-state index contributed by atoms with van der Waals surface area (Å²) in [6, 6.07) is 4.59. The highest BCUT2D eigenvalue weighted by Crippen LogP contribution is 2.37. The van der Waals surface area contributed by atoms with Crippen LogP contribution in [0.4, 0.5) is 5.69 Å². The third-order valence-electron chi connectivity index (χ3n) is 3.21. The van der Waals surface area contributed by atoms with E-state index >= 15 is 0 Å². The number of hydrogen-bond acceptors (Lipinski definition) is 3. The maximum absolute atomic E-state index is 12.1. The first-order valence-corrected chi connectivity index (χ1v) is 7.79. The van der Waals surface area contributed by atoms with Crippen LogP contribution >= 0.6 is 10.7 Å². The highest BCUT2D eigenvalue weighted by Gasteiger charge is 2.37. The molecule has 1 aromatic carbocycles. The zero-order chi connectivity index (χ0) is 13.7. The second kappa shape index (κ2) is 3.96. The standard InChI is InChI=1S/C12H14ClNO3S/c1-12(2)7-8-6-9(18(13,16)17)4-5-10(8)14(3)11(12)15/h4-6H,7H2,1-3H3. The van der Waals surface area contributed by atoms with Gasteiger partial charge in [-0.05, 0) is 30.2 Å². The van der Waals surface area contributed by atoms with Crippen molar-refractivity contribution in [1.82, 2.24) is 0 Å². The molecule has 1 heterocycles. The highest BCUT2D eigenvalue weighted by molar-refractivity contribution is 8.13. The molecule has 98 valence electrons. The average molecular weight is 288 g/mol. The molecule has 0 radical (unpaired) electrons. The first kappa shape index (κ1) is 13.4. The molecule has 0 saturated carbocycles. The molecule has 0 aromatic heterocycles. The van der Waals surface area contributed by atoms with E-state index in [-0.39, 0.29) is 10.8 Å². The van der Waals surface area contributed by atoms with Crippen LogP contribution in [-0.4, -0.2) is 21.4 Å². The minimum Gasteiger partial charge on any atom is -0.315 e. The number of carbonyl (C=O) groups excluding carboxylic acids is 1. The molecule has 0 spiro atoms. The Hall–Kier alpha value is -1.07. The normalized spacial score (nSPS) is 18.7. The molecule has 0 N–H and O–H groups in total. The summed E-state index contributed by atoms with van der Waals surface area (Å²) >= 11 is 0. The van der Waals surface area contributed by atoms with Crippen molar-refractivity contribution >= 4 is 31.3 Å². The van der Waals surface area contributed by atoms with Crippen LogP contribution < -0.4 is 4.90 Å². The summed E-state index contributed by atoms with van der Waals surface area (Å²) in [6.45, 7) is 3.69. The Bertz CT molecular complexity index is 622. The molecular formula is C12H14ClNO3S. The molecule has 18 heavy (non-hydrogen) atoms. The van der Waals surface area contributed by atoms with Gasteiger partial charge in [-0.2, -0.15) is 0 Å². The first-order valence-electron chi connectivity index (χ1n) is 5.49. The van der Waals surface area contributed by atoms with Gasteiger partial charge in [0.05, 0.1) is 4.90 Å². The Morgan fingerprint density at radius 3 is 2.50 bits per heavy atom. The SMILES string of the molecule is CN1C(=O)C(C)(C)Cc2cc(S(=O)(=O)Cl)ccc21. The maximum atomic E-state index is 12.1. The van der Waals surface area contributed by atoms with Gasteiger partial charge in [-0.25, -0.2) is 8.42 Å². The van der Waals surface area contributed by atoms with Crippen molar-refractivity contribution in [3.63, 3.8) is 0 Å². The van der Waals surface area contributed by atoms with E-state index in [1.807, 2.05) is 13.8 Å². The molecule has 2 rings (SSSR count). The molecule has 0 fully saturated rings. The first-order chi connectivity index (χ1) is 8.13. The third-order valence-corrected chi connectivity index (χ3v) is 4.56. The molecule has 0 bridgehead atoms. The maximum Gasteiger partial charge on any atom is 0.261 e. The fourth-order valence-corrected chi connectivity index (χ4v) is 3.10. The van der Waals surface area contributed by atoms with Gasteiger partial charge in [0, 0.05) is 28.8 Å². The van der Waals surface area contributed by atoms with Crippen LogP contribution in [0.1, 0.15) is 19.4 Å². The summed E-state index contributed by atoms with van der Waals surface area (Å²) in [5.74, 6) is 0.0245. The zero-order valence-corrected chi connectivity index (χ0v) is 12.0. The molecule has 0 unspecified atom stereocenters. The van der Waals surface area contributed by atoms with Crippen LogP contribution in [0, 0.1) is 5.41 Å². The summed E-state index contributed by atoms with van der Waals surface area (Å²) in [7, 11) is 3.28. The predicted molar refractivity (Wildman–Crippen MR) is 70.4 cm³/mol. The summed E-state index contributed by atoms with van der Waals surface area (Å²) in [6.07, 6.45) is 0.506. The Kier molecular flexibility index (Phi) is 2.94. The van der Waals surface area contributed by atoms with Crippen LogP contribution in [0.2, 0.25) is 0 Å². The Labute approximate surface area is 111 Å². The number of anilines is 1. The number of nitrogens with zero attached hydrogens (tertiary/aromatic N) is 1. The van der Waals surface area contributed by atoms with E-state index in [0.29, 0.717) is 6.42 Å². The van der Waals surface area contributed by atoms with E-state index in [1.54, 1.807) is 24.1 Å². The van der Waals surface area contributed by atoms with Gasteiger partial charge in [0.2, 0.25) is 5.91 Å². The van der Waals surface area contributed by atoms with Crippen molar-refractivity contribution in [3.8, 4) is 0 Å². The molecule has 4 nitrogen and oxygen atoms in total. The molecule has 0 aliphatic carbocycles. The molecular weight excluding hydrogens is 274 g/mol. The summed E-state index contributed by atoms with van der Waals surface area (Å²) in [5, 5.41) is 0. The number of carbonyl (C=O) groups is 1. The fraction of sp³-hybridized carbons (Fsp3) is 0.417. The third kappa shape index (κ3) is 2.12. The van der Waals surface area contributed by atoms with Crippen LogP contribution in [-0.2, 0) is 20.3 Å². The molecule has 1 aliphatic rings. The number of hydrogen-bond donors (Lipinski definition) is 0. The second-order valence-electron chi connectivity index (χ2n) is 5.15. The number of benzene rings is 1. The highest BCUT2D eigenvalue weighted by atomic mass is 35.7. The molecule has 0 atom stereocenters. The summed E-state index contributed by atoms with van der Waals surface area (Å²) < 4.78 is 22.6. The quantitative estimate of drug-likeness (QED) is 0.744. The van der Waals surface area contributed by atoms with Gasteiger partial charge in [0.25, 0.3) is 9.05 Å². The van der Waals surface area contributed by atoms with Gasteiger partial charge < -0.3 is 4.90 Å². The van der Waals surface area contributed by atoms with Crippen LogP contribution in [0.5, 0.6) is 0 Å². The largest absolute Gasteiger partial charge is 0.315 e. The van der Waals surface area contributed by atoms with Gasteiger partial charge in [-0.3, -0.25) is 4.79 Å². The van der Waals surface area contributed by atoms with E-state index in [9.17, 15) is 13.2 Å². The zero-order valence-electron chi connectivity index (χ0n) is 10.4. The smallest absolute Gasteiger partial charge is 0.261 e. The summed E-state index contributed by atoms with van der Waals surface area (Å²) in [5.41, 5.74) is 1.03. The van der Waals surface area contributed by atoms with Crippen molar-refractivity contribution < 1.29 is 13.2 Å². The summed E-state index contributed by atoms with van der Waals surface area (Å²) in [4.78, 5) is 13.7. The number of rotatable bonds is 1. The Morgan fingerprint density at radius 2 is 1.94 bits per heavy atom. The van der Waals surface area contributed by atoms with E-state index in [2.05, 4.69) is 0 Å². The van der Waals surface area contributed by atoms with Crippen molar-refractivity contribution in [2.75, 3.05) is 11.9 Å². The Morgan fingerprint density at radius 1 is 1.33 bits per heavy atom. The van der Waals surface area contributed by atoms with E-state index in [1.165, 1.54) is 6.07 Å². The predicted octanol–water partition coefficient (Wildman–Crippen LogP) is 2.16. The van der Waals surface area contributed by atoms with E-state index < -0.39 is 14.5 Å². The number of amides is 1. The van der Waals surface area contributed by atoms with Crippen LogP contribution in [0.15, 0.2) is 23.1 Å². The van der Waals surface area contributed by atoms with E-state index in [4.69, 9.17) is 10.7 Å². The molecule has 0 saturated heterocycles. The Balaban J connectivity index is 2.59. The van der Waals surface area contributed by atoms with Gasteiger partial charge in [0.15, 0.2) is 0 Å². The minimum absolute atomic E-state index is 0.0245. The second-order valence-corrected chi connectivity index (χ2v) is 7.72. The van der Waals surface area contributed by atoms with Gasteiger partial charge in [-0.15, -0.1) is 0 Å². The number of halogens is 1. The average Bonchev–Trinajstić information content (AvgIpc) is 2.23. The van der Waals surface area contributed by atoms with Gasteiger partial charge in [-0.1, -0.05) is 13.8 Å². The molecule has 6 heteroatoms. The lowest BCUT2D eigenvalue weighted by molar-refractivity contribution is -0.126. The van der Waals surface area contributed by atoms with Crippen molar-refractivity contribution in [1.29, 1.82) is 0 Å². The van der Waals surface area contributed by atoms with Crippen molar-refractivity contribution in [2.24, 2.45) is 5.41 Å². The monoisotopic (exact) mass is 287 g/mol. The minimum atomic E-state index is -3.74. The molecule has 1 amide bonds. The van der Waals surface area contributed by atoms with E-state index in [0.717, 1.165) is 11.3 Å². The van der Waals surface area contributed by atoms with Crippen LogP contribution in [0.3, 0.4) is 0 Å².